The number of pyridine rings is 2. The van der Waals surface area contributed by atoms with Gasteiger partial charge in [-0.25, -0.2) is 14.4 Å². The predicted molar refractivity (Wildman–Crippen MR) is 82.9 cm³/mol. The lowest BCUT2D eigenvalue weighted by Crippen LogP contribution is -2.44. The van der Waals surface area contributed by atoms with E-state index in [1.165, 1.54) is 0 Å². The minimum Gasteiger partial charge on any atom is -0.483 e. The standard InChI is InChI=1S/C16H14FN5O/c17-10-7-19-5-3-13(10)23-15-11(6-18)21-8-12-14(15)9-2-1-4-20-16(9)22-12/h1-2,4,8,10,13,19H,3,5,7H2,(H,20,22)/t10-,13+/m1/s1. The largest absolute Gasteiger partial charge is 0.483 e. The van der Waals surface area contributed by atoms with Crippen LogP contribution >= 0.6 is 0 Å². The minimum atomic E-state index is -1.12. The van der Waals surface area contributed by atoms with Crippen LogP contribution in [-0.4, -0.2) is 40.3 Å². The SMILES string of the molecule is N#Cc1ncc2[nH]c3ncccc3c2c1O[C@H]1CCNC[C@H]1F. The van der Waals surface area contributed by atoms with Crippen molar-refractivity contribution in [1.29, 1.82) is 5.26 Å². The van der Waals surface area contributed by atoms with Crippen LogP contribution in [0.3, 0.4) is 0 Å². The molecule has 0 amide bonds. The molecule has 2 N–H and O–H groups in total. The Labute approximate surface area is 131 Å². The molecule has 2 atom stereocenters. The number of hydrogen-bond donors (Lipinski definition) is 2. The Kier molecular flexibility index (Phi) is 3.32. The average Bonchev–Trinajstić information content (AvgIpc) is 2.96. The first-order valence-corrected chi connectivity index (χ1v) is 7.45. The summed E-state index contributed by atoms with van der Waals surface area (Å²) in [6.45, 7) is 0.942. The zero-order valence-corrected chi connectivity index (χ0v) is 12.2. The van der Waals surface area contributed by atoms with Gasteiger partial charge in [-0.2, -0.15) is 5.26 Å². The molecule has 116 valence electrons. The van der Waals surface area contributed by atoms with E-state index >= 15 is 0 Å². The lowest BCUT2D eigenvalue weighted by molar-refractivity contribution is 0.0739. The van der Waals surface area contributed by atoms with Gasteiger partial charge in [-0.3, -0.25) is 0 Å². The van der Waals surface area contributed by atoms with E-state index in [4.69, 9.17) is 4.74 Å². The number of ether oxygens (including phenoxy) is 1. The Bertz CT molecular complexity index is 916. The Morgan fingerprint density at radius 3 is 3.13 bits per heavy atom. The average molecular weight is 311 g/mol. The summed E-state index contributed by atoms with van der Waals surface area (Å²) in [5.41, 5.74) is 1.57. The van der Waals surface area contributed by atoms with Crippen LogP contribution in [-0.2, 0) is 0 Å². The van der Waals surface area contributed by atoms with E-state index in [-0.39, 0.29) is 12.2 Å². The van der Waals surface area contributed by atoms with Crippen molar-refractivity contribution in [3.05, 3.63) is 30.2 Å². The second kappa shape index (κ2) is 5.48. The highest BCUT2D eigenvalue weighted by atomic mass is 19.1. The fourth-order valence-electron chi connectivity index (χ4n) is 2.96. The van der Waals surface area contributed by atoms with Gasteiger partial charge in [0.1, 0.15) is 24.0 Å². The van der Waals surface area contributed by atoms with Crippen LogP contribution in [0.4, 0.5) is 4.39 Å². The van der Waals surface area contributed by atoms with Gasteiger partial charge < -0.3 is 15.0 Å². The van der Waals surface area contributed by atoms with Gasteiger partial charge in [0, 0.05) is 18.1 Å². The molecular weight excluding hydrogens is 297 g/mol. The van der Waals surface area contributed by atoms with Crippen LogP contribution in [0, 0.1) is 11.3 Å². The molecule has 1 saturated heterocycles. The number of nitriles is 1. The van der Waals surface area contributed by atoms with E-state index in [0.717, 1.165) is 16.3 Å². The Hall–Kier alpha value is -2.72. The van der Waals surface area contributed by atoms with E-state index in [1.807, 2.05) is 18.2 Å². The fraction of sp³-hybridized carbons (Fsp3) is 0.312. The number of rotatable bonds is 2. The van der Waals surface area contributed by atoms with Crippen molar-refractivity contribution in [2.45, 2.75) is 18.7 Å². The van der Waals surface area contributed by atoms with Crippen molar-refractivity contribution in [2.24, 2.45) is 0 Å². The molecule has 4 heterocycles. The molecule has 1 aliphatic heterocycles. The number of piperidine rings is 1. The van der Waals surface area contributed by atoms with Gasteiger partial charge in [0.2, 0.25) is 0 Å². The summed E-state index contributed by atoms with van der Waals surface area (Å²) in [5, 5.41) is 13.9. The maximum atomic E-state index is 14.1. The highest BCUT2D eigenvalue weighted by molar-refractivity contribution is 6.09. The quantitative estimate of drug-likeness (QED) is 0.756. The minimum absolute atomic E-state index is 0.160. The maximum absolute atomic E-state index is 14.1. The Morgan fingerprint density at radius 2 is 2.30 bits per heavy atom. The van der Waals surface area contributed by atoms with Gasteiger partial charge in [0.05, 0.1) is 17.1 Å². The highest BCUT2D eigenvalue weighted by Crippen LogP contribution is 2.35. The van der Waals surface area contributed by atoms with Crippen molar-refractivity contribution >= 4 is 21.9 Å². The van der Waals surface area contributed by atoms with Crippen molar-refractivity contribution in [2.75, 3.05) is 13.1 Å². The molecule has 4 rings (SSSR count). The van der Waals surface area contributed by atoms with Crippen LogP contribution in [0.5, 0.6) is 5.75 Å². The molecule has 1 fully saturated rings. The van der Waals surface area contributed by atoms with Crippen LogP contribution in [0.2, 0.25) is 0 Å². The van der Waals surface area contributed by atoms with E-state index in [1.54, 1.807) is 12.4 Å². The number of nitrogens with one attached hydrogen (secondary N) is 2. The van der Waals surface area contributed by atoms with Crippen LogP contribution < -0.4 is 10.1 Å². The normalized spacial score (nSPS) is 21.4. The molecule has 0 saturated carbocycles. The maximum Gasteiger partial charge on any atom is 0.183 e. The van der Waals surface area contributed by atoms with Crippen LogP contribution in [0.15, 0.2) is 24.5 Å². The van der Waals surface area contributed by atoms with Gasteiger partial charge >= 0.3 is 0 Å². The number of hydrogen-bond acceptors (Lipinski definition) is 5. The summed E-state index contributed by atoms with van der Waals surface area (Å²) >= 11 is 0. The van der Waals surface area contributed by atoms with Crippen molar-refractivity contribution in [3.8, 4) is 11.8 Å². The van der Waals surface area contributed by atoms with Gasteiger partial charge in [-0.05, 0) is 25.1 Å². The number of aromatic amines is 1. The van der Waals surface area contributed by atoms with Crippen molar-refractivity contribution < 1.29 is 9.13 Å². The summed E-state index contributed by atoms with van der Waals surface area (Å²) in [7, 11) is 0. The zero-order valence-electron chi connectivity index (χ0n) is 12.2. The second-order valence-corrected chi connectivity index (χ2v) is 5.53. The van der Waals surface area contributed by atoms with Gasteiger partial charge in [-0.15, -0.1) is 0 Å². The summed E-state index contributed by atoms with van der Waals surface area (Å²) in [6, 6.07) is 5.75. The molecule has 1 aliphatic rings. The Balaban J connectivity index is 1.90. The van der Waals surface area contributed by atoms with Gasteiger partial charge in [0.25, 0.3) is 0 Å². The third-order valence-corrected chi connectivity index (χ3v) is 4.09. The molecule has 0 radical (unpaired) electrons. The Morgan fingerprint density at radius 1 is 1.39 bits per heavy atom. The lowest BCUT2D eigenvalue weighted by Gasteiger charge is -2.27. The zero-order chi connectivity index (χ0) is 15.8. The molecule has 0 spiro atoms. The molecule has 6 nitrogen and oxygen atoms in total. The van der Waals surface area contributed by atoms with Gasteiger partial charge in [-0.1, -0.05) is 0 Å². The van der Waals surface area contributed by atoms with E-state index in [9.17, 15) is 9.65 Å². The lowest BCUT2D eigenvalue weighted by atomic mass is 10.1. The smallest absolute Gasteiger partial charge is 0.183 e. The van der Waals surface area contributed by atoms with E-state index < -0.39 is 12.3 Å². The molecule has 0 aliphatic carbocycles. The van der Waals surface area contributed by atoms with Crippen LogP contribution in [0.25, 0.3) is 21.9 Å². The van der Waals surface area contributed by atoms with Crippen molar-refractivity contribution in [1.82, 2.24) is 20.3 Å². The van der Waals surface area contributed by atoms with Crippen molar-refractivity contribution in [3.63, 3.8) is 0 Å². The van der Waals surface area contributed by atoms with E-state index in [0.29, 0.717) is 24.4 Å². The molecule has 3 aromatic heterocycles. The number of fused-ring (bicyclic) bond motifs is 3. The second-order valence-electron chi connectivity index (χ2n) is 5.53. The monoisotopic (exact) mass is 311 g/mol. The van der Waals surface area contributed by atoms with Crippen LogP contribution in [0.1, 0.15) is 12.1 Å². The topological polar surface area (TPSA) is 86.6 Å². The first-order valence-electron chi connectivity index (χ1n) is 7.45. The molecule has 0 aromatic carbocycles. The number of H-pyrrole nitrogens is 1. The number of nitrogens with zero attached hydrogens (tertiary/aromatic N) is 3. The number of halogens is 1. The number of aromatic nitrogens is 3. The molecular formula is C16H14FN5O. The predicted octanol–water partition coefficient (Wildman–Crippen LogP) is 2.06. The highest BCUT2D eigenvalue weighted by Gasteiger charge is 2.28. The molecule has 0 unspecified atom stereocenters. The summed E-state index contributed by atoms with van der Waals surface area (Å²) < 4.78 is 20.0. The molecule has 23 heavy (non-hydrogen) atoms. The third-order valence-electron chi connectivity index (χ3n) is 4.09. The first-order chi connectivity index (χ1) is 11.3. The first kappa shape index (κ1) is 13.9. The summed E-state index contributed by atoms with van der Waals surface area (Å²) in [4.78, 5) is 11.5. The molecule has 7 heteroatoms. The molecule has 3 aromatic rings. The van der Waals surface area contributed by atoms with Gasteiger partial charge in [0.15, 0.2) is 11.4 Å². The summed E-state index contributed by atoms with van der Waals surface area (Å²) in [6.07, 6.45) is 2.11. The fourth-order valence-corrected chi connectivity index (χ4v) is 2.96. The summed E-state index contributed by atoms with van der Waals surface area (Å²) in [5.74, 6) is 0.332. The van der Waals surface area contributed by atoms with E-state index in [2.05, 4.69) is 20.3 Å². The number of alkyl halides is 1. The third kappa shape index (κ3) is 2.28. The molecule has 0 bridgehead atoms.